The lowest BCUT2D eigenvalue weighted by Crippen LogP contribution is -1.99. The number of fused-ring (bicyclic) bond motifs is 1. The number of rotatable bonds is 1. The normalized spacial score (nSPS) is 10.2. The van der Waals surface area contributed by atoms with Gasteiger partial charge in [0.25, 0.3) is 0 Å². The second-order valence-corrected chi connectivity index (χ2v) is 2.48. The molecule has 66 valence electrons. The molecule has 0 N–H and O–H groups in total. The Hall–Kier alpha value is -1.84. The number of ether oxygens (including phenoxy) is 1. The molecule has 0 radical (unpaired) electrons. The summed E-state index contributed by atoms with van der Waals surface area (Å²) in [5.74, 6) is 0.437. The van der Waals surface area contributed by atoms with E-state index in [9.17, 15) is 4.79 Å². The Balaban J connectivity index is 2.89. The van der Waals surface area contributed by atoms with Gasteiger partial charge in [0, 0.05) is 6.20 Å². The van der Waals surface area contributed by atoms with Crippen LogP contribution in [-0.4, -0.2) is 12.1 Å². The molecule has 2 rings (SSSR count). The maximum Gasteiger partial charge on any atom is 0.340 e. The minimum atomic E-state index is -0.433. The van der Waals surface area contributed by atoms with Crippen LogP contribution >= 0.6 is 0 Å². The number of nitrogens with zero attached hydrogens (tertiary/aromatic N) is 1. The second kappa shape index (κ2) is 2.90. The number of pyridine rings is 1. The van der Waals surface area contributed by atoms with Crippen LogP contribution in [0.15, 0.2) is 33.6 Å². The predicted octanol–water partition coefficient (Wildman–Crippen LogP) is 1.20. The van der Waals surface area contributed by atoms with Crippen molar-refractivity contribution in [3.05, 3.63) is 34.8 Å². The van der Waals surface area contributed by atoms with Crippen LogP contribution in [0.25, 0.3) is 11.1 Å². The second-order valence-electron chi connectivity index (χ2n) is 2.48. The molecule has 4 heteroatoms. The van der Waals surface area contributed by atoms with Gasteiger partial charge in [0.2, 0.25) is 0 Å². The van der Waals surface area contributed by atoms with Crippen molar-refractivity contribution in [2.45, 2.75) is 0 Å². The van der Waals surface area contributed by atoms with E-state index in [0.717, 1.165) is 0 Å². The van der Waals surface area contributed by atoms with Crippen molar-refractivity contribution in [2.75, 3.05) is 7.11 Å². The Bertz CT molecular complexity index is 489. The van der Waals surface area contributed by atoms with E-state index >= 15 is 0 Å². The van der Waals surface area contributed by atoms with E-state index in [1.807, 2.05) is 0 Å². The molecule has 0 aliphatic carbocycles. The van der Waals surface area contributed by atoms with E-state index < -0.39 is 5.63 Å². The molecule has 0 unspecified atom stereocenters. The Morgan fingerprint density at radius 2 is 2.38 bits per heavy atom. The molecular formula is C9H7NO3. The van der Waals surface area contributed by atoms with Crippen LogP contribution in [0.2, 0.25) is 0 Å². The summed E-state index contributed by atoms with van der Waals surface area (Å²) in [6, 6.07) is 4.65. The SMILES string of the molecule is COc1cc(=O)oc2cccnc12. The third kappa shape index (κ3) is 1.26. The molecule has 0 saturated heterocycles. The van der Waals surface area contributed by atoms with E-state index in [2.05, 4.69) is 4.98 Å². The van der Waals surface area contributed by atoms with E-state index in [4.69, 9.17) is 9.15 Å². The number of aromatic nitrogens is 1. The van der Waals surface area contributed by atoms with Gasteiger partial charge in [0.1, 0.15) is 5.52 Å². The molecule has 2 aromatic rings. The van der Waals surface area contributed by atoms with Crippen molar-refractivity contribution >= 4 is 11.1 Å². The highest BCUT2D eigenvalue weighted by Gasteiger charge is 2.04. The summed E-state index contributed by atoms with van der Waals surface area (Å²) < 4.78 is 9.89. The number of hydrogen-bond donors (Lipinski definition) is 0. The monoisotopic (exact) mass is 177 g/mol. The minimum Gasteiger partial charge on any atom is -0.494 e. The molecule has 4 nitrogen and oxygen atoms in total. The fraction of sp³-hybridized carbons (Fsp3) is 0.111. The van der Waals surface area contributed by atoms with Gasteiger partial charge in [-0.3, -0.25) is 0 Å². The molecule has 0 spiro atoms. The highest BCUT2D eigenvalue weighted by molar-refractivity contribution is 5.78. The zero-order valence-electron chi connectivity index (χ0n) is 6.98. The molecule has 0 aromatic carbocycles. The summed E-state index contributed by atoms with van der Waals surface area (Å²) in [6.07, 6.45) is 1.62. The van der Waals surface area contributed by atoms with Crippen molar-refractivity contribution in [1.82, 2.24) is 4.98 Å². The van der Waals surface area contributed by atoms with Crippen molar-refractivity contribution in [3.63, 3.8) is 0 Å². The highest BCUT2D eigenvalue weighted by Crippen LogP contribution is 2.19. The smallest absolute Gasteiger partial charge is 0.340 e. The maximum absolute atomic E-state index is 11.0. The van der Waals surface area contributed by atoms with Gasteiger partial charge < -0.3 is 9.15 Å². The first-order valence-corrected chi connectivity index (χ1v) is 3.74. The van der Waals surface area contributed by atoms with Gasteiger partial charge >= 0.3 is 5.63 Å². The lowest BCUT2D eigenvalue weighted by Gasteiger charge is -2.00. The standard InChI is InChI=1S/C9H7NO3/c1-12-7-5-8(11)13-6-3-2-4-10-9(6)7/h2-5H,1H3. The summed E-state index contributed by atoms with van der Waals surface area (Å²) in [5, 5.41) is 0. The molecule has 0 aliphatic heterocycles. The van der Waals surface area contributed by atoms with Gasteiger partial charge in [0.05, 0.1) is 13.2 Å². The molecule has 0 bridgehead atoms. The van der Waals surface area contributed by atoms with Crippen LogP contribution in [0, 0.1) is 0 Å². The van der Waals surface area contributed by atoms with Gasteiger partial charge in [-0.15, -0.1) is 0 Å². The number of hydrogen-bond acceptors (Lipinski definition) is 4. The molecule has 13 heavy (non-hydrogen) atoms. The van der Waals surface area contributed by atoms with E-state index in [-0.39, 0.29) is 0 Å². The van der Waals surface area contributed by atoms with E-state index in [1.165, 1.54) is 13.2 Å². The Kier molecular flexibility index (Phi) is 1.73. The molecule has 2 heterocycles. The minimum absolute atomic E-state index is 0.433. The van der Waals surface area contributed by atoms with Crippen LogP contribution in [0.4, 0.5) is 0 Å². The zero-order valence-corrected chi connectivity index (χ0v) is 6.98. The molecule has 0 atom stereocenters. The molecule has 0 saturated carbocycles. The number of methoxy groups -OCH3 is 1. The summed E-state index contributed by atoms with van der Waals surface area (Å²) in [4.78, 5) is 15.0. The maximum atomic E-state index is 11.0. The van der Waals surface area contributed by atoms with E-state index in [1.54, 1.807) is 18.3 Å². The molecule has 0 fully saturated rings. The van der Waals surface area contributed by atoms with Crippen molar-refractivity contribution < 1.29 is 9.15 Å². The van der Waals surface area contributed by atoms with Gasteiger partial charge in [-0.05, 0) is 12.1 Å². The zero-order chi connectivity index (χ0) is 9.26. The first-order chi connectivity index (χ1) is 6.31. The molecule has 2 aromatic heterocycles. The Labute approximate surface area is 73.8 Å². The quantitative estimate of drug-likeness (QED) is 0.656. The summed E-state index contributed by atoms with van der Waals surface area (Å²) in [7, 11) is 1.49. The van der Waals surface area contributed by atoms with Crippen LogP contribution in [0.3, 0.4) is 0 Å². The largest absolute Gasteiger partial charge is 0.494 e. The first-order valence-electron chi connectivity index (χ1n) is 3.74. The summed E-state index contributed by atoms with van der Waals surface area (Å²) in [6.45, 7) is 0. The third-order valence-corrected chi connectivity index (χ3v) is 1.68. The Morgan fingerprint density at radius 1 is 1.54 bits per heavy atom. The highest BCUT2D eigenvalue weighted by atomic mass is 16.5. The topological polar surface area (TPSA) is 52.3 Å². The fourth-order valence-corrected chi connectivity index (χ4v) is 1.13. The van der Waals surface area contributed by atoms with Crippen LogP contribution in [0.5, 0.6) is 5.75 Å². The summed E-state index contributed by atoms with van der Waals surface area (Å²) in [5.41, 5.74) is 0.564. The third-order valence-electron chi connectivity index (χ3n) is 1.68. The van der Waals surface area contributed by atoms with Crippen molar-refractivity contribution in [3.8, 4) is 5.75 Å². The van der Waals surface area contributed by atoms with Crippen LogP contribution in [-0.2, 0) is 0 Å². The van der Waals surface area contributed by atoms with Crippen molar-refractivity contribution in [2.24, 2.45) is 0 Å². The van der Waals surface area contributed by atoms with Crippen LogP contribution < -0.4 is 10.4 Å². The lowest BCUT2D eigenvalue weighted by molar-refractivity contribution is 0.412. The van der Waals surface area contributed by atoms with E-state index in [0.29, 0.717) is 16.8 Å². The van der Waals surface area contributed by atoms with Gasteiger partial charge in [-0.2, -0.15) is 0 Å². The van der Waals surface area contributed by atoms with Crippen molar-refractivity contribution in [1.29, 1.82) is 0 Å². The van der Waals surface area contributed by atoms with Gasteiger partial charge in [0.15, 0.2) is 11.3 Å². The molecule has 0 amide bonds. The van der Waals surface area contributed by atoms with Gasteiger partial charge in [-0.25, -0.2) is 9.78 Å². The predicted molar refractivity (Wildman–Crippen MR) is 46.8 cm³/mol. The van der Waals surface area contributed by atoms with Crippen LogP contribution in [0.1, 0.15) is 0 Å². The fourth-order valence-electron chi connectivity index (χ4n) is 1.13. The Morgan fingerprint density at radius 3 is 3.15 bits per heavy atom. The summed E-state index contributed by atoms with van der Waals surface area (Å²) >= 11 is 0. The first kappa shape index (κ1) is 7.79. The molecular weight excluding hydrogens is 170 g/mol. The average Bonchev–Trinajstić information content (AvgIpc) is 2.16. The van der Waals surface area contributed by atoms with Gasteiger partial charge in [-0.1, -0.05) is 0 Å². The molecule has 0 aliphatic rings. The average molecular weight is 177 g/mol. The lowest BCUT2D eigenvalue weighted by atomic mass is 10.3.